The van der Waals surface area contributed by atoms with Crippen molar-refractivity contribution in [1.82, 2.24) is 10.6 Å². The molecular formula is C18H26N4O6. The Morgan fingerprint density at radius 3 is 1.93 bits per heavy atom. The lowest BCUT2D eigenvalue weighted by atomic mass is 10.0. The smallest absolute Gasteiger partial charge is 0.276 e. The monoisotopic (exact) mass is 394 g/mol. The van der Waals surface area contributed by atoms with Crippen molar-refractivity contribution in [3.63, 3.8) is 0 Å². The maximum absolute atomic E-state index is 12.5. The van der Waals surface area contributed by atoms with Crippen LogP contribution in [0.4, 0.5) is 11.4 Å². The van der Waals surface area contributed by atoms with Crippen molar-refractivity contribution in [3.05, 3.63) is 44.0 Å². The molecule has 0 saturated heterocycles. The van der Waals surface area contributed by atoms with Crippen molar-refractivity contribution < 1.29 is 19.4 Å². The summed E-state index contributed by atoms with van der Waals surface area (Å²) < 4.78 is 0. The van der Waals surface area contributed by atoms with Crippen LogP contribution in [0.5, 0.6) is 0 Å². The molecule has 0 radical (unpaired) electrons. The number of benzene rings is 1. The van der Waals surface area contributed by atoms with E-state index < -0.39 is 38.7 Å². The third-order valence-corrected chi connectivity index (χ3v) is 3.61. The standard InChI is InChI=1S/C18H26N4O6/c1-11(2)6-15(17(24)20-18(3,4)5)19-16(23)9-12-7-13(21(25)26)10-14(8-12)22(27)28/h7-8,10-11,15H,6,9H2,1-5H3,(H,19,23)(H,20,24)/t15-/m0/s1. The zero-order valence-corrected chi connectivity index (χ0v) is 16.6. The van der Waals surface area contributed by atoms with Gasteiger partial charge in [-0.25, -0.2) is 0 Å². The van der Waals surface area contributed by atoms with Gasteiger partial charge in [-0.15, -0.1) is 0 Å². The Labute approximate surface area is 163 Å². The number of non-ortho nitro benzene ring substituents is 2. The summed E-state index contributed by atoms with van der Waals surface area (Å²) in [5, 5.41) is 27.4. The Hall–Kier alpha value is -3.04. The zero-order chi connectivity index (χ0) is 21.6. The van der Waals surface area contributed by atoms with Gasteiger partial charge in [-0.2, -0.15) is 0 Å². The van der Waals surface area contributed by atoms with E-state index in [1.807, 2.05) is 34.6 Å². The van der Waals surface area contributed by atoms with E-state index in [1.54, 1.807) is 0 Å². The number of carbonyl (C=O) groups excluding carboxylic acids is 2. The average Bonchev–Trinajstić information content (AvgIpc) is 2.51. The molecule has 10 heteroatoms. The van der Waals surface area contributed by atoms with Crippen molar-refractivity contribution in [2.75, 3.05) is 0 Å². The van der Waals surface area contributed by atoms with E-state index in [1.165, 1.54) is 0 Å². The van der Waals surface area contributed by atoms with Crippen LogP contribution in [0, 0.1) is 26.1 Å². The van der Waals surface area contributed by atoms with Crippen LogP contribution in [-0.2, 0) is 16.0 Å². The van der Waals surface area contributed by atoms with Crippen molar-refractivity contribution in [1.29, 1.82) is 0 Å². The van der Waals surface area contributed by atoms with Crippen molar-refractivity contribution in [3.8, 4) is 0 Å². The predicted octanol–water partition coefficient (Wildman–Crippen LogP) is 2.49. The van der Waals surface area contributed by atoms with Gasteiger partial charge in [0.1, 0.15) is 6.04 Å². The number of amides is 2. The first-order chi connectivity index (χ1) is 12.8. The first-order valence-corrected chi connectivity index (χ1v) is 8.82. The number of hydrogen-bond donors (Lipinski definition) is 2. The summed E-state index contributed by atoms with van der Waals surface area (Å²) in [5.74, 6) is -0.751. The third-order valence-electron chi connectivity index (χ3n) is 3.61. The second-order valence-corrected chi connectivity index (χ2v) is 8.04. The summed E-state index contributed by atoms with van der Waals surface area (Å²) in [4.78, 5) is 45.3. The number of hydrogen-bond acceptors (Lipinski definition) is 6. The first-order valence-electron chi connectivity index (χ1n) is 8.82. The molecular weight excluding hydrogens is 368 g/mol. The summed E-state index contributed by atoms with van der Waals surface area (Å²) in [5.41, 5.74) is -1.29. The molecule has 0 aliphatic heterocycles. The van der Waals surface area contributed by atoms with E-state index >= 15 is 0 Å². The molecule has 1 atom stereocenters. The summed E-state index contributed by atoms with van der Waals surface area (Å²) in [6, 6.07) is 2.28. The topological polar surface area (TPSA) is 144 Å². The highest BCUT2D eigenvalue weighted by molar-refractivity contribution is 5.88. The summed E-state index contributed by atoms with van der Waals surface area (Å²) in [6.45, 7) is 9.28. The molecule has 0 aromatic heterocycles. The lowest BCUT2D eigenvalue weighted by Crippen LogP contribution is -2.52. The molecule has 10 nitrogen and oxygen atoms in total. The predicted molar refractivity (Wildman–Crippen MR) is 103 cm³/mol. The highest BCUT2D eigenvalue weighted by atomic mass is 16.6. The lowest BCUT2D eigenvalue weighted by Gasteiger charge is -2.26. The molecule has 0 spiro atoms. The highest BCUT2D eigenvalue weighted by Gasteiger charge is 2.26. The molecule has 0 saturated carbocycles. The summed E-state index contributed by atoms with van der Waals surface area (Å²) in [7, 11) is 0. The van der Waals surface area contributed by atoms with E-state index in [2.05, 4.69) is 10.6 Å². The second kappa shape index (κ2) is 9.25. The van der Waals surface area contributed by atoms with Crippen LogP contribution >= 0.6 is 0 Å². The Kier molecular flexibility index (Phi) is 7.60. The minimum absolute atomic E-state index is 0.123. The Morgan fingerprint density at radius 2 is 1.54 bits per heavy atom. The Balaban J connectivity index is 2.99. The molecule has 1 aromatic rings. The van der Waals surface area contributed by atoms with Crippen molar-refractivity contribution >= 4 is 23.2 Å². The fraction of sp³-hybridized carbons (Fsp3) is 0.556. The quantitative estimate of drug-likeness (QED) is 0.512. The van der Waals surface area contributed by atoms with Gasteiger partial charge in [-0.1, -0.05) is 13.8 Å². The number of nitro groups is 2. The largest absolute Gasteiger partial charge is 0.350 e. The molecule has 28 heavy (non-hydrogen) atoms. The number of carbonyl (C=O) groups is 2. The van der Waals surface area contributed by atoms with Gasteiger partial charge in [0.2, 0.25) is 11.8 Å². The van der Waals surface area contributed by atoms with Gasteiger partial charge in [0.05, 0.1) is 22.3 Å². The fourth-order valence-corrected chi connectivity index (χ4v) is 2.56. The molecule has 1 aromatic carbocycles. The number of nitrogens with zero attached hydrogens (tertiary/aromatic N) is 2. The number of nitrogens with one attached hydrogen (secondary N) is 2. The van der Waals surface area contributed by atoms with Crippen LogP contribution in [-0.4, -0.2) is 33.2 Å². The van der Waals surface area contributed by atoms with Gasteiger partial charge < -0.3 is 10.6 Å². The van der Waals surface area contributed by atoms with Gasteiger partial charge in [0, 0.05) is 17.7 Å². The van der Waals surface area contributed by atoms with E-state index in [4.69, 9.17) is 0 Å². The van der Waals surface area contributed by atoms with Gasteiger partial charge in [-0.3, -0.25) is 29.8 Å². The number of nitro benzene ring substituents is 2. The van der Waals surface area contributed by atoms with Gasteiger partial charge in [0.15, 0.2) is 0 Å². The normalized spacial score (nSPS) is 12.4. The summed E-state index contributed by atoms with van der Waals surface area (Å²) in [6.07, 6.45) is 0.0860. The SMILES string of the molecule is CC(C)C[C@H](NC(=O)Cc1cc([N+](=O)[O-])cc([N+](=O)[O-])c1)C(=O)NC(C)(C)C. The molecule has 0 aliphatic carbocycles. The van der Waals surface area contributed by atoms with Crippen molar-refractivity contribution in [2.24, 2.45) is 5.92 Å². The highest BCUT2D eigenvalue weighted by Crippen LogP contribution is 2.23. The minimum Gasteiger partial charge on any atom is -0.350 e. The van der Waals surface area contributed by atoms with Crippen LogP contribution in [0.25, 0.3) is 0 Å². The van der Waals surface area contributed by atoms with Gasteiger partial charge in [-0.05, 0) is 38.7 Å². The summed E-state index contributed by atoms with van der Waals surface area (Å²) >= 11 is 0. The number of rotatable bonds is 8. The Bertz CT molecular complexity index is 738. The molecule has 2 N–H and O–H groups in total. The van der Waals surface area contributed by atoms with Crippen LogP contribution in [0.15, 0.2) is 18.2 Å². The third kappa shape index (κ3) is 7.68. The average molecular weight is 394 g/mol. The van der Waals surface area contributed by atoms with Crippen LogP contribution in [0.1, 0.15) is 46.6 Å². The molecule has 1 rings (SSSR count). The van der Waals surface area contributed by atoms with Gasteiger partial charge >= 0.3 is 0 Å². The molecule has 0 aliphatic rings. The zero-order valence-electron chi connectivity index (χ0n) is 16.6. The molecule has 0 heterocycles. The van der Waals surface area contributed by atoms with E-state index in [9.17, 15) is 29.8 Å². The van der Waals surface area contributed by atoms with Gasteiger partial charge in [0.25, 0.3) is 11.4 Å². The molecule has 2 amide bonds. The first kappa shape index (κ1) is 23.0. The molecule has 154 valence electrons. The van der Waals surface area contributed by atoms with Crippen LogP contribution in [0.3, 0.4) is 0 Å². The van der Waals surface area contributed by atoms with E-state index in [-0.39, 0.29) is 23.8 Å². The maximum Gasteiger partial charge on any atom is 0.276 e. The van der Waals surface area contributed by atoms with Crippen LogP contribution < -0.4 is 10.6 Å². The molecule has 0 bridgehead atoms. The van der Waals surface area contributed by atoms with E-state index in [0.29, 0.717) is 6.42 Å². The van der Waals surface area contributed by atoms with Crippen molar-refractivity contribution in [2.45, 2.75) is 59.0 Å². The Morgan fingerprint density at radius 1 is 1.04 bits per heavy atom. The lowest BCUT2D eigenvalue weighted by molar-refractivity contribution is -0.394. The van der Waals surface area contributed by atoms with E-state index in [0.717, 1.165) is 18.2 Å². The maximum atomic E-state index is 12.5. The van der Waals surface area contributed by atoms with Crippen LogP contribution in [0.2, 0.25) is 0 Å². The molecule has 0 unspecified atom stereocenters. The second-order valence-electron chi connectivity index (χ2n) is 8.04. The fourth-order valence-electron chi connectivity index (χ4n) is 2.56. The molecule has 0 fully saturated rings. The minimum atomic E-state index is -0.777.